The van der Waals surface area contributed by atoms with Crippen LogP contribution in [0.4, 0.5) is 5.82 Å². The van der Waals surface area contributed by atoms with E-state index in [2.05, 4.69) is 37.9 Å². The fourth-order valence-electron chi connectivity index (χ4n) is 1.11. The van der Waals surface area contributed by atoms with Crippen molar-refractivity contribution in [2.24, 2.45) is 4.99 Å². The Balaban J connectivity index is 1.94. The molecule has 0 aliphatic carbocycles. The van der Waals surface area contributed by atoms with Crippen molar-refractivity contribution in [1.29, 1.82) is 0 Å². The van der Waals surface area contributed by atoms with Gasteiger partial charge in [0.2, 0.25) is 0 Å². The quantitative estimate of drug-likeness (QED) is 0.672. The predicted molar refractivity (Wildman–Crippen MR) is 70.4 cm³/mol. The number of anilines is 1. The molecule has 0 saturated heterocycles. The summed E-state index contributed by atoms with van der Waals surface area (Å²) in [4.78, 5) is 8.59. The molecule has 1 N–H and O–H groups in total. The largest absolute Gasteiger partial charge is 0.320 e. The highest BCUT2D eigenvalue weighted by atomic mass is 127. The highest BCUT2D eigenvalue weighted by Gasteiger charge is 2.18. The van der Waals surface area contributed by atoms with Crippen molar-refractivity contribution in [3.8, 4) is 0 Å². The second-order valence-corrected chi connectivity index (χ2v) is 5.05. The Hall–Kier alpha value is -0.300. The number of thioether (sulfide) groups is 1. The van der Waals surface area contributed by atoms with Crippen molar-refractivity contribution < 1.29 is 0 Å². The first-order chi connectivity index (χ1) is 6.88. The van der Waals surface area contributed by atoms with Gasteiger partial charge in [-0.2, -0.15) is 0 Å². The molecule has 1 aromatic rings. The van der Waals surface area contributed by atoms with Crippen LogP contribution >= 0.6 is 34.4 Å². The molecule has 0 amide bonds. The van der Waals surface area contributed by atoms with Gasteiger partial charge in [0, 0.05) is 15.9 Å². The van der Waals surface area contributed by atoms with Gasteiger partial charge >= 0.3 is 0 Å². The Kier molecular flexibility index (Phi) is 3.63. The van der Waals surface area contributed by atoms with E-state index in [0.717, 1.165) is 22.0 Å². The van der Waals surface area contributed by atoms with Crippen molar-refractivity contribution >= 4 is 45.3 Å². The average Bonchev–Trinajstić information content (AvgIpc) is 2.67. The van der Waals surface area contributed by atoms with Gasteiger partial charge in [0.05, 0.1) is 6.54 Å². The lowest BCUT2D eigenvalue weighted by Crippen LogP contribution is -2.08. The Morgan fingerprint density at radius 1 is 1.57 bits per heavy atom. The van der Waals surface area contributed by atoms with Crippen LogP contribution in [0, 0.1) is 0 Å². The lowest BCUT2D eigenvalue weighted by molar-refractivity contribution is 0.999. The molecule has 74 valence electrons. The van der Waals surface area contributed by atoms with Crippen LogP contribution in [0.1, 0.15) is 0 Å². The average molecular weight is 319 g/mol. The number of amidine groups is 1. The summed E-state index contributed by atoms with van der Waals surface area (Å²) in [6.07, 6.45) is 1.78. The van der Waals surface area contributed by atoms with Crippen LogP contribution in [0.5, 0.6) is 0 Å². The van der Waals surface area contributed by atoms with Gasteiger partial charge in [-0.3, -0.25) is 4.99 Å². The second-order valence-electron chi connectivity index (χ2n) is 2.88. The van der Waals surface area contributed by atoms with Gasteiger partial charge < -0.3 is 5.32 Å². The predicted octanol–water partition coefficient (Wildman–Crippen LogP) is 2.40. The SMILES string of the molecule is ICC1CN=C(Nc2ccccn2)S1. The van der Waals surface area contributed by atoms with E-state index in [4.69, 9.17) is 0 Å². The van der Waals surface area contributed by atoms with Gasteiger partial charge in [-0.25, -0.2) is 4.98 Å². The molecule has 0 radical (unpaired) electrons. The molecule has 0 saturated carbocycles. The lowest BCUT2D eigenvalue weighted by Gasteiger charge is -2.04. The Labute approximate surface area is 101 Å². The van der Waals surface area contributed by atoms with Gasteiger partial charge in [0.1, 0.15) is 5.82 Å². The topological polar surface area (TPSA) is 37.3 Å². The van der Waals surface area contributed by atoms with Gasteiger partial charge in [0.25, 0.3) is 0 Å². The van der Waals surface area contributed by atoms with Gasteiger partial charge in [-0.1, -0.05) is 40.4 Å². The van der Waals surface area contributed by atoms with Crippen molar-refractivity contribution in [2.75, 3.05) is 16.3 Å². The van der Waals surface area contributed by atoms with E-state index in [9.17, 15) is 0 Å². The van der Waals surface area contributed by atoms with Crippen molar-refractivity contribution in [1.82, 2.24) is 4.98 Å². The summed E-state index contributed by atoms with van der Waals surface area (Å²) in [5.41, 5.74) is 0. The third kappa shape index (κ3) is 2.60. The number of hydrogen-bond acceptors (Lipinski definition) is 4. The number of alkyl halides is 1. The summed E-state index contributed by atoms with van der Waals surface area (Å²) < 4.78 is 1.14. The monoisotopic (exact) mass is 319 g/mol. The molecule has 14 heavy (non-hydrogen) atoms. The number of aliphatic imine (C=N–C) groups is 1. The van der Waals surface area contributed by atoms with Gasteiger partial charge in [-0.05, 0) is 12.1 Å². The summed E-state index contributed by atoms with van der Waals surface area (Å²) in [5.74, 6) is 0.868. The summed E-state index contributed by atoms with van der Waals surface area (Å²) in [7, 11) is 0. The molecule has 0 fully saturated rings. The molecule has 3 nitrogen and oxygen atoms in total. The van der Waals surface area contributed by atoms with Crippen LogP contribution in [-0.4, -0.2) is 26.4 Å². The number of rotatable bonds is 2. The summed E-state index contributed by atoms with van der Waals surface area (Å²) in [6, 6.07) is 5.81. The van der Waals surface area contributed by atoms with Crippen LogP contribution in [-0.2, 0) is 0 Å². The first kappa shape index (κ1) is 10.2. The molecule has 5 heteroatoms. The molecule has 1 aliphatic rings. The molecule has 1 unspecified atom stereocenters. The van der Waals surface area contributed by atoms with E-state index in [-0.39, 0.29) is 0 Å². The van der Waals surface area contributed by atoms with E-state index >= 15 is 0 Å². The smallest absolute Gasteiger partial charge is 0.162 e. The first-order valence-electron chi connectivity index (χ1n) is 4.33. The molecule has 1 aromatic heterocycles. The lowest BCUT2D eigenvalue weighted by atomic mass is 10.5. The van der Waals surface area contributed by atoms with E-state index in [0.29, 0.717) is 5.25 Å². The number of halogens is 1. The molecule has 0 aromatic carbocycles. The number of aromatic nitrogens is 1. The number of nitrogens with one attached hydrogen (secondary N) is 1. The van der Waals surface area contributed by atoms with Gasteiger partial charge in [0.15, 0.2) is 5.17 Å². The fourth-order valence-corrected chi connectivity index (χ4v) is 2.77. The maximum atomic E-state index is 4.41. The Morgan fingerprint density at radius 3 is 3.14 bits per heavy atom. The number of hydrogen-bond donors (Lipinski definition) is 1. The number of pyridine rings is 1. The maximum Gasteiger partial charge on any atom is 0.162 e. The zero-order chi connectivity index (χ0) is 9.80. The first-order valence-corrected chi connectivity index (χ1v) is 6.74. The van der Waals surface area contributed by atoms with Crippen molar-refractivity contribution in [3.05, 3.63) is 24.4 Å². The molecule has 1 aliphatic heterocycles. The summed E-state index contributed by atoms with van der Waals surface area (Å²) in [5, 5.41) is 4.82. The van der Waals surface area contributed by atoms with Crippen LogP contribution in [0.15, 0.2) is 29.4 Å². The van der Waals surface area contributed by atoms with Crippen LogP contribution in [0.3, 0.4) is 0 Å². The third-order valence-corrected chi connectivity index (χ3v) is 4.55. The van der Waals surface area contributed by atoms with Crippen molar-refractivity contribution in [2.45, 2.75) is 5.25 Å². The molecule has 2 rings (SSSR count). The zero-order valence-corrected chi connectivity index (χ0v) is 10.5. The highest BCUT2D eigenvalue weighted by molar-refractivity contribution is 14.1. The molecule has 1 atom stereocenters. The van der Waals surface area contributed by atoms with Crippen LogP contribution in [0.2, 0.25) is 0 Å². The zero-order valence-electron chi connectivity index (χ0n) is 7.48. The molecular formula is C9H10IN3S. The minimum absolute atomic E-state index is 0.627. The third-order valence-electron chi connectivity index (χ3n) is 1.79. The normalized spacial score (nSPS) is 20.6. The highest BCUT2D eigenvalue weighted by Crippen LogP contribution is 2.23. The van der Waals surface area contributed by atoms with E-state index in [1.165, 1.54) is 0 Å². The van der Waals surface area contributed by atoms with Crippen LogP contribution in [0.25, 0.3) is 0 Å². The van der Waals surface area contributed by atoms with E-state index in [1.807, 2.05) is 18.2 Å². The minimum Gasteiger partial charge on any atom is -0.320 e. The van der Waals surface area contributed by atoms with Crippen LogP contribution < -0.4 is 5.32 Å². The number of nitrogens with zero attached hydrogens (tertiary/aromatic N) is 2. The summed E-state index contributed by atoms with van der Waals surface area (Å²) >= 11 is 4.19. The van der Waals surface area contributed by atoms with Crippen molar-refractivity contribution in [3.63, 3.8) is 0 Å². The Bertz CT molecular complexity index is 328. The molecule has 2 heterocycles. The molecule has 0 spiro atoms. The van der Waals surface area contributed by atoms with E-state index in [1.54, 1.807) is 18.0 Å². The standard InChI is InChI=1S/C9H10IN3S/c10-5-7-6-12-9(14-7)13-8-3-1-2-4-11-8/h1-4,7H,5-6H2,(H,11,12,13). The minimum atomic E-state index is 0.627. The fraction of sp³-hybridized carbons (Fsp3) is 0.333. The van der Waals surface area contributed by atoms with Gasteiger partial charge in [-0.15, -0.1) is 0 Å². The maximum absolute atomic E-state index is 4.41. The summed E-state index contributed by atoms with van der Waals surface area (Å²) in [6.45, 7) is 0.919. The second kappa shape index (κ2) is 4.97. The molecular weight excluding hydrogens is 309 g/mol. The van der Waals surface area contributed by atoms with E-state index < -0.39 is 0 Å². The molecule has 0 bridgehead atoms. The Morgan fingerprint density at radius 2 is 2.50 bits per heavy atom.